The molecule has 0 radical (unpaired) electrons. The maximum absolute atomic E-state index is 11.8. The number of carboxylic acids is 1. The molecule has 2 rings (SSSR count). The van der Waals surface area contributed by atoms with Crippen LogP contribution in [0.15, 0.2) is 12.3 Å². The first kappa shape index (κ1) is 14.5. The summed E-state index contributed by atoms with van der Waals surface area (Å²) >= 11 is 0. The summed E-state index contributed by atoms with van der Waals surface area (Å²) < 4.78 is 1.91. The summed E-state index contributed by atoms with van der Waals surface area (Å²) in [6.07, 6.45) is 2.54. The fourth-order valence-corrected chi connectivity index (χ4v) is 2.45. The summed E-state index contributed by atoms with van der Waals surface area (Å²) in [7, 11) is 0. The highest BCUT2D eigenvalue weighted by Gasteiger charge is 2.31. The smallest absolute Gasteiger partial charge is 0.305 e. The van der Waals surface area contributed by atoms with Crippen molar-refractivity contribution in [1.82, 2.24) is 20.0 Å². The summed E-state index contributed by atoms with van der Waals surface area (Å²) in [6, 6.07) is 1.31. The first-order chi connectivity index (χ1) is 9.61. The van der Waals surface area contributed by atoms with E-state index in [0.717, 1.165) is 18.7 Å². The lowest BCUT2D eigenvalue weighted by atomic mass is 10.1. The Morgan fingerprint density at radius 2 is 2.40 bits per heavy atom. The molecule has 1 amide bonds. The number of aliphatic carboxylic acids is 1. The van der Waals surface area contributed by atoms with Gasteiger partial charge in [-0.2, -0.15) is 5.10 Å². The monoisotopic (exact) mass is 280 g/mol. The third-order valence-corrected chi connectivity index (χ3v) is 3.41. The minimum atomic E-state index is -0.959. The molecular formula is C13H20N4O3. The van der Waals surface area contributed by atoms with Crippen LogP contribution in [-0.2, 0) is 22.7 Å². The number of aromatic nitrogens is 2. The van der Waals surface area contributed by atoms with Gasteiger partial charge in [0, 0.05) is 32.4 Å². The van der Waals surface area contributed by atoms with Crippen molar-refractivity contribution in [3.8, 4) is 0 Å². The molecule has 2 heterocycles. The van der Waals surface area contributed by atoms with Gasteiger partial charge < -0.3 is 10.4 Å². The summed E-state index contributed by atoms with van der Waals surface area (Å²) in [4.78, 5) is 24.7. The first-order valence-electron chi connectivity index (χ1n) is 6.86. The molecule has 0 aromatic carbocycles. The largest absolute Gasteiger partial charge is 0.481 e. The molecule has 110 valence electrons. The predicted molar refractivity (Wildman–Crippen MR) is 72.0 cm³/mol. The fourth-order valence-electron chi connectivity index (χ4n) is 2.45. The van der Waals surface area contributed by atoms with Gasteiger partial charge in [-0.3, -0.25) is 19.2 Å². The van der Waals surface area contributed by atoms with Gasteiger partial charge in [-0.1, -0.05) is 6.92 Å². The number of carbonyl (C=O) groups excluding carboxylic acids is 1. The molecular weight excluding hydrogens is 260 g/mol. The SMILES string of the molecule is CCCn1nccc1CN1CCNC(=O)C1CC(=O)O. The number of piperazine rings is 1. The summed E-state index contributed by atoms with van der Waals surface area (Å²) in [5, 5.41) is 15.9. The van der Waals surface area contributed by atoms with E-state index in [1.165, 1.54) is 0 Å². The lowest BCUT2D eigenvalue weighted by Crippen LogP contribution is -2.55. The highest BCUT2D eigenvalue weighted by atomic mass is 16.4. The normalized spacial score (nSPS) is 19.9. The molecule has 20 heavy (non-hydrogen) atoms. The van der Waals surface area contributed by atoms with Crippen molar-refractivity contribution in [2.45, 2.75) is 38.9 Å². The molecule has 2 N–H and O–H groups in total. The van der Waals surface area contributed by atoms with Crippen LogP contribution in [0.25, 0.3) is 0 Å². The zero-order chi connectivity index (χ0) is 14.5. The van der Waals surface area contributed by atoms with Gasteiger partial charge in [0.05, 0.1) is 12.1 Å². The minimum Gasteiger partial charge on any atom is -0.481 e. The van der Waals surface area contributed by atoms with Crippen LogP contribution in [0.4, 0.5) is 0 Å². The van der Waals surface area contributed by atoms with Crippen LogP contribution < -0.4 is 5.32 Å². The Morgan fingerprint density at radius 3 is 3.10 bits per heavy atom. The van der Waals surface area contributed by atoms with E-state index in [4.69, 9.17) is 5.11 Å². The van der Waals surface area contributed by atoms with E-state index in [1.807, 2.05) is 15.6 Å². The van der Waals surface area contributed by atoms with Crippen LogP contribution in [0.2, 0.25) is 0 Å². The van der Waals surface area contributed by atoms with Crippen LogP contribution in [-0.4, -0.2) is 50.8 Å². The molecule has 1 aromatic heterocycles. The Hall–Kier alpha value is -1.89. The van der Waals surface area contributed by atoms with Gasteiger partial charge in [0.25, 0.3) is 0 Å². The van der Waals surface area contributed by atoms with E-state index in [2.05, 4.69) is 17.3 Å². The molecule has 7 heteroatoms. The number of carbonyl (C=O) groups is 2. The minimum absolute atomic E-state index is 0.173. The Balaban J connectivity index is 2.10. The molecule has 1 aliphatic heterocycles. The van der Waals surface area contributed by atoms with Crippen LogP contribution in [0.3, 0.4) is 0 Å². The van der Waals surface area contributed by atoms with Crippen molar-refractivity contribution in [2.24, 2.45) is 0 Å². The Bertz CT molecular complexity index is 486. The second kappa shape index (κ2) is 6.51. The lowest BCUT2D eigenvalue weighted by molar-refractivity contribution is -0.143. The average molecular weight is 280 g/mol. The van der Waals surface area contributed by atoms with Crippen molar-refractivity contribution in [3.63, 3.8) is 0 Å². The van der Waals surface area contributed by atoms with Crippen LogP contribution in [0.1, 0.15) is 25.5 Å². The van der Waals surface area contributed by atoms with E-state index in [1.54, 1.807) is 6.20 Å². The Labute approximate surface area is 117 Å². The maximum atomic E-state index is 11.8. The standard InChI is InChI=1S/C13H20N4O3/c1-2-6-17-10(3-4-15-17)9-16-7-5-14-13(20)11(16)8-12(18)19/h3-4,11H,2,5-9H2,1H3,(H,14,20)(H,18,19). The molecule has 1 saturated heterocycles. The van der Waals surface area contributed by atoms with E-state index in [-0.39, 0.29) is 12.3 Å². The summed E-state index contributed by atoms with van der Waals surface area (Å²) in [5.41, 5.74) is 1.01. The molecule has 7 nitrogen and oxygen atoms in total. The highest BCUT2D eigenvalue weighted by molar-refractivity contribution is 5.86. The first-order valence-corrected chi connectivity index (χ1v) is 6.86. The van der Waals surface area contributed by atoms with Crippen LogP contribution in [0, 0.1) is 0 Å². The number of aryl methyl sites for hydroxylation is 1. The van der Waals surface area contributed by atoms with Gasteiger partial charge in [0.2, 0.25) is 5.91 Å². The molecule has 1 aromatic rings. The van der Waals surface area contributed by atoms with Gasteiger partial charge in [-0.25, -0.2) is 0 Å². The number of amides is 1. The average Bonchev–Trinajstić information content (AvgIpc) is 2.81. The van der Waals surface area contributed by atoms with E-state index < -0.39 is 12.0 Å². The molecule has 1 atom stereocenters. The molecule has 0 aliphatic carbocycles. The molecule has 0 spiro atoms. The molecule has 0 bridgehead atoms. The third kappa shape index (κ3) is 3.36. The molecule has 1 fully saturated rings. The number of hydrogen-bond donors (Lipinski definition) is 2. The van der Waals surface area contributed by atoms with Gasteiger partial charge in [0.1, 0.15) is 6.04 Å². The Morgan fingerprint density at radius 1 is 1.60 bits per heavy atom. The number of nitrogens with one attached hydrogen (secondary N) is 1. The number of rotatable bonds is 6. The van der Waals surface area contributed by atoms with Gasteiger partial charge in [-0.05, 0) is 12.5 Å². The zero-order valence-electron chi connectivity index (χ0n) is 11.6. The fraction of sp³-hybridized carbons (Fsp3) is 0.615. The zero-order valence-corrected chi connectivity index (χ0v) is 11.6. The molecule has 0 saturated carbocycles. The van der Waals surface area contributed by atoms with E-state index in [0.29, 0.717) is 19.6 Å². The second-order valence-electron chi connectivity index (χ2n) is 4.92. The van der Waals surface area contributed by atoms with Gasteiger partial charge in [0.15, 0.2) is 0 Å². The van der Waals surface area contributed by atoms with Crippen molar-refractivity contribution in [3.05, 3.63) is 18.0 Å². The van der Waals surface area contributed by atoms with Crippen LogP contribution >= 0.6 is 0 Å². The second-order valence-corrected chi connectivity index (χ2v) is 4.92. The van der Waals surface area contributed by atoms with Crippen LogP contribution in [0.5, 0.6) is 0 Å². The number of nitrogens with zero attached hydrogens (tertiary/aromatic N) is 3. The van der Waals surface area contributed by atoms with Crippen molar-refractivity contribution >= 4 is 11.9 Å². The summed E-state index contributed by atoms with van der Waals surface area (Å²) in [6.45, 7) is 4.65. The van der Waals surface area contributed by atoms with Crippen molar-refractivity contribution in [1.29, 1.82) is 0 Å². The van der Waals surface area contributed by atoms with Gasteiger partial charge >= 0.3 is 5.97 Å². The van der Waals surface area contributed by atoms with Gasteiger partial charge in [-0.15, -0.1) is 0 Å². The Kier molecular flexibility index (Phi) is 4.73. The topological polar surface area (TPSA) is 87.5 Å². The highest BCUT2D eigenvalue weighted by Crippen LogP contribution is 2.14. The maximum Gasteiger partial charge on any atom is 0.305 e. The lowest BCUT2D eigenvalue weighted by Gasteiger charge is -2.34. The summed E-state index contributed by atoms with van der Waals surface area (Å²) in [5.74, 6) is -1.17. The third-order valence-electron chi connectivity index (χ3n) is 3.41. The molecule has 1 unspecified atom stereocenters. The molecule has 1 aliphatic rings. The predicted octanol–water partition coefficient (Wildman–Crippen LogP) is 0.0682. The van der Waals surface area contributed by atoms with E-state index >= 15 is 0 Å². The van der Waals surface area contributed by atoms with E-state index in [9.17, 15) is 9.59 Å². The van der Waals surface area contributed by atoms with Crippen molar-refractivity contribution in [2.75, 3.05) is 13.1 Å². The number of hydrogen-bond acceptors (Lipinski definition) is 4. The number of carboxylic acid groups (broad SMARTS) is 1. The quantitative estimate of drug-likeness (QED) is 0.770. The van der Waals surface area contributed by atoms with Crippen molar-refractivity contribution < 1.29 is 14.7 Å².